The molecular formula is C14H27F3. The van der Waals surface area contributed by atoms with Gasteiger partial charge in [0.05, 0.1) is 5.41 Å². The Morgan fingerprint density at radius 3 is 1.41 bits per heavy atom. The van der Waals surface area contributed by atoms with Gasteiger partial charge in [0.25, 0.3) is 0 Å². The molecule has 0 bridgehead atoms. The van der Waals surface area contributed by atoms with Crippen LogP contribution in [0.2, 0.25) is 0 Å². The highest BCUT2D eigenvalue weighted by molar-refractivity contribution is 5.00. The lowest BCUT2D eigenvalue weighted by Crippen LogP contribution is -2.53. The molecule has 0 aliphatic rings. The van der Waals surface area contributed by atoms with Crippen LogP contribution in [0.5, 0.6) is 0 Å². The summed E-state index contributed by atoms with van der Waals surface area (Å²) in [5.74, 6) is 0.00125. The number of rotatable bonds is 5. The van der Waals surface area contributed by atoms with Gasteiger partial charge in [0, 0.05) is 0 Å². The molecular weight excluding hydrogens is 225 g/mol. The van der Waals surface area contributed by atoms with Gasteiger partial charge in [-0.25, -0.2) is 0 Å². The van der Waals surface area contributed by atoms with Crippen LogP contribution in [0.4, 0.5) is 13.2 Å². The molecule has 0 saturated heterocycles. The Morgan fingerprint density at radius 2 is 1.24 bits per heavy atom. The van der Waals surface area contributed by atoms with Gasteiger partial charge in [0.15, 0.2) is 0 Å². The average Bonchev–Trinajstić information content (AvgIpc) is 2.13. The van der Waals surface area contributed by atoms with E-state index in [9.17, 15) is 13.2 Å². The standard InChI is InChI=1S/C14H27F3/c1-8-9-12(6,14(15,16)17)13(7,10(2)3)11(4)5/h10-11H,8-9H2,1-7H3/t12-/m0/s1. The van der Waals surface area contributed by atoms with Gasteiger partial charge < -0.3 is 0 Å². The second-order valence-corrected chi connectivity index (χ2v) is 6.17. The Bertz CT molecular complexity index is 232. The van der Waals surface area contributed by atoms with Crippen LogP contribution in [0.25, 0.3) is 0 Å². The molecule has 3 heteroatoms. The summed E-state index contributed by atoms with van der Waals surface area (Å²) in [6.45, 7) is 12.6. The Balaban J connectivity index is 5.72. The van der Waals surface area contributed by atoms with E-state index in [0.29, 0.717) is 6.42 Å². The van der Waals surface area contributed by atoms with E-state index in [-0.39, 0.29) is 18.3 Å². The molecule has 104 valence electrons. The van der Waals surface area contributed by atoms with Crippen LogP contribution in [0, 0.1) is 22.7 Å². The van der Waals surface area contributed by atoms with Crippen molar-refractivity contribution in [2.75, 3.05) is 0 Å². The number of hydrogen-bond acceptors (Lipinski definition) is 0. The van der Waals surface area contributed by atoms with E-state index in [4.69, 9.17) is 0 Å². The van der Waals surface area contributed by atoms with Gasteiger partial charge in [0.1, 0.15) is 0 Å². The summed E-state index contributed by atoms with van der Waals surface area (Å²) in [6.07, 6.45) is -3.39. The topological polar surface area (TPSA) is 0 Å². The van der Waals surface area contributed by atoms with Gasteiger partial charge in [-0.1, -0.05) is 54.9 Å². The number of halogens is 3. The summed E-state index contributed by atoms with van der Waals surface area (Å²) < 4.78 is 40.5. The van der Waals surface area contributed by atoms with Gasteiger partial charge in [-0.15, -0.1) is 0 Å². The third kappa shape index (κ3) is 2.63. The molecule has 1 atom stereocenters. The summed E-state index contributed by atoms with van der Waals surface area (Å²) >= 11 is 0. The quantitative estimate of drug-likeness (QED) is 0.591. The highest BCUT2D eigenvalue weighted by atomic mass is 19.4. The van der Waals surface area contributed by atoms with Crippen molar-refractivity contribution in [2.45, 2.75) is 67.5 Å². The van der Waals surface area contributed by atoms with Crippen molar-refractivity contribution >= 4 is 0 Å². The fourth-order valence-corrected chi connectivity index (χ4v) is 3.16. The van der Waals surface area contributed by atoms with Crippen LogP contribution in [0.15, 0.2) is 0 Å². The van der Waals surface area contributed by atoms with Crippen molar-refractivity contribution in [2.24, 2.45) is 22.7 Å². The predicted molar refractivity (Wildman–Crippen MR) is 66.9 cm³/mol. The largest absolute Gasteiger partial charge is 0.394 e. The van der Waals surface area contributed by atoms with Gasteiger partial charge in [0.2, 0.25) is 0 Å². The Kier molecular flexibility index (Phi) is 5.13. The van der Waals surface area contributed by atoms with E-state index in [1.807, 2.05) is 34.6 Å². The molecule has 0 aromatic heterocycles. The molecule has 0 aromatic carbocycles. The van der Waals surface area contributed by atoms with E-state index >= 15 is 0 Å². The third-order valence-electron chi connectivity index (χ3n) is 4.96. The maximum atomic E-state index is 13.5. The summed E-state index contributed by atoms with van der Waals surface area (Å²) in [4.78, 5) is 0. The van der Waals surface area contributed by atoms with Crippen LogP contribution < -0.4 is 0 Å². The molecule has 0 nitrogen and oxygen atoms in total. The molecule has 0 rings (SSSR count). The molecule has 0 heterocycles. The highest BCUT2D eigenvalue weighted by Gasteiger charge is 2.62. The van der Waals surface area contributed by atoms with E-state index in [1.54, 1.807) is 6.92 Å². The lowest BCUT2D eigenvalue weighted by molar-refractivity contribution is -0.276. The van der Waals surface area contributed by atoms with Crippen molar-refractivity contribution in [3.05, 3.63) is 0 Å². The molecule has 0 aromatic rings. The fraction of sp³-hybridized carbons (Fsp3) is 1.00. The van der Waals surface area contributed by atoms with E-state index in [1.165, 1.54) is 6.92 Å². The zero-order chi connectivity index (χ0) is 14.1. The molecule has 17 heavy (non-hydrogen) atoms. The van der Waals surface area contributed by atoms with E-state index in [2.05, 4.69) is 0 Å². The van der Waals surface area contributed by atoms with Crippen LogP contribution in [0.1, 0.15) is 61.3 Å². The summed E-state index contributed by atoms with van der Waals surface area (Å²) in [7, 11) is 0. The van der Waals surface area contributed by atoms with Gasteiger partial charge in [-0.2, -0.15) is 13.2 Å². The third-order valence-corrected chi connectivity index (χ3v) is 4.96. The van der Waals surface area contributed by atoms with Crippen LogP contribution in [-0.4, -0.2) is 6.18 Å². The minimum atomic E-state index is -4.15. The van der Waals surface area contributed by atoms with Crippen molar-refractivity contribution in [3.63, 3.8) is 0 Å². The minimum absolute atomic E-state index is 0.000625. The Hall–Kier alpha value is -0.210. The fourth-order valence-electron chi connectivity index (χ4n) is 3.16. The van der Waals surface area contributed by atoms with Crippen LogP contribution >= 0.6 is 0 Å². The van der Waals surface area contributed by atoms with E-state index in [0.717, 1.165) is 0 Å². The summed E-state index contributed by atoms with van der Waals surface area (Å²) in [5.41, 5.74) is -2.35. The SMILES string of the molecule is CCC[C@](C)(C(F)(F)F)C(C)(C(C)C)C(C)C. The molecule has 0 aliphatic carbocycles. The normalized spacial score (nSPS) is 17.6. The van der Waals surface area contributed by atoms with Gasteiger partial charge >= 0.3 is 6.18 Å². The molecule has 0 saturated carbocycles. The smallest absolute Gasteiger partial charge is 0.170 e. The van der Waals surface area contributed by atoms with Crippen LogP contribution in [0.3, 0.4) is 0 Å². The minimum Gasteiger partial charge on any atom is -0.170 e. The lowest BCUT2D eigenvalue weighted by atomic mass is 9.53. The predicted octanol–water partition coefficient (Wildman–Crippen LogP) is 5.67. The first-order valence-corrected chi connectivity index (χ1v) is 6.51. The monoisotopic (exact) mass is 252 g/mol. The molecule has 0 unspecified atom stereocenters. The van der Waals surface area contributed by atoms with Crippen molar-refractivity contribution in [3.8, 4) is 0 Å². The second kappa shape index (κ2) is 5.19. The maximum Gasteiger partial charge on any atom is 0.394 e. The van der Waals surface area contributed by atoms with Crippen molar-refractivity contribution in [1.82, 2.24) is 0 Å². The first-order chi connectivity index (χ1) is 7.45. The maximum absolute atomic E-state index is 13.5. The molecule has 0 radical (unpaired) electrons. The summed E-state index contributed by atoms with van der Waals surface area (Å²) in [5, 5.41) is 0. The Morgan fingerprint density at radius 1 is 0.882 bits per heavy atom. The number of alkyl halides is 3. The second-order valence-electron chi connectivity index (χ2n) is 6.17. The highest BCUT2D eigenvalue weighted by Crippen LogP contribution is 2.60. The molecule has 0 N–H and O–H groups in total. The Labute approximate surface area is 104 Å². The molecule has 0 amide bonds. The first-order valence-electron chi connectivity index (χ1n) is 6.51. The molecule has 0 spiro atoms. The van der Waals surface area contributed by atoms with Crippen LogP contribution in [-0.2, 0) is 0 Å². The summed E-state index contributed by atoms with van der Waals surface area (Å²) in [6, 6.07) is 0. The van der Waals surface area contributed by atoms with Crippen molar-refractivity contribution < 1.29 is 13.2 Å². The average molecular weight is 252 g/mol. The van der Waals surface area contributed by atoms with Gasteiger partial charge in [-0.3, -0.25) is 0 Å². The lowest BCUT2D eigenvalue weighted by Gasteiger charge is -2.53. The molecule has 0 fully saturated rings. The van der Waals surface area contributed by atoms with Gasteiger partial charge in [-0.05, 0) is 23.7 Å². The van der Waals surface area contributed by atoms with Crippen molar-refractivity contribution in [1.29, 1.82) is 0 Å². The first kappa shape index (κ1) is 16.8. The zero-order valence-corrected chi connectivity index (χ0v) is 12.2. The van der Waals surface area contributed by atoms with E-state index < -0.39 is 17.0 Å². The molecule has 0 aliphatic heterocycles. The zero-order valence-electron chi connectivity index (χ0n) is 12.2. The number of hydrogen-bond donors (Lipinski definition) is 0.